The van der Waals surface area contributed by atoms with Crippen molar-refractivity contribution in [2.24, 2.45) is 0 Å². The zero-order valence-electron chi connectivity index (χ0n) is 28.7. The molecule has 0 aliphatic heterocycles. The summed E-state index contributed by atoms with van der Waals surface area (Å²) in [6.07, 6.45) is 8.34. The van der Waals surface area contributed by atoms with Crippen LogP contribution >= 0.6 is 0 Å². The van der Waals surface area contributed by atoms with Gasteiger partial charge in [-0.2, -0.15) is 0 Å². The summed E-state index contributed by atoms with van der Waals surface area (Å²) < 4.78 is 4.00. The van der Waals surface area contributed by atoms with Crippen molar-refractivity contribution in [2.75, 3.05) is 0 Å². The van der Waals surface area contributed by atoms with E-state index >= 15 is 0 Å². The van der Waals surface area contributed by atoms with Crippen molar-refractivity contribution in [3.63, 3.8) is 0 Å². The first kappa shape index (κ1) is 36.5. The Balaban J connectivity index is 0.00000240. The molecule has 0 saturated heterocycles. The minimum atomic E-state index is -2.64. The zero-order chi connectivity index (χ0) is 31.2. The second-order valence-electron chi connectivity index (χ2n) is 15.0. The topological polar surface area (TPSA) is 0 Å². The average Bonchev–Trinajstić information content (AvgIpc) is 3.65. The predicted octanol–water partition coefficient (Wildman–Crippen LogP) is 5.60. The number of hydrogen-bond donors (Lipinski definition) is 0. The van der Waals surface area contributed by atoms with Crippen LogP contribution < -0.4 is 24.8 Å². The summed E-state index contributed by atoms with van der Waals surface area (Å²) in [7, 11) is 0. The van der Waals surface area contributed by atoms with Gasteiger partial charge in [0, 0.05) is 0 Å². The van der Waals surface area contributed by atoms with E-state index in [2.05, 4.69) is 171 Å². The number of benzene rings is 4. The van der Waals surface area contributed by atoms with E-state index in [-0.39, 0.29) is 35.6 Å². The van der Waals surface area contributed by atoms with Crippen LogP contribution in [0.3, 0.4) is 0 Å². The van der Waals surface area contributed by atoms with Gasteiger partial charge in [-0.15, -0.1) is 0 Å². The van der Waals surface area contributed by atoms with E-state index in [1.165, 1.54) is 33.4 Å². The molecule has 0 bridgehead atoms. The Morgan fingerprint density at radius 3 is 1.43 bits per heavy atom. The second kappa shape index (κ2) is 14.4. The molecule has 238 valence electrons. The van der Waals surface area contributed by atoms with Crippen LogP contribution in [0.15, 0.2) is 119 Å². The van der Waals surface area contributed by atoms with Crippen molar-refractivity contribution in [1.29, 1.82) is 0 Å². The van der Waals surface area contributed by atoms with Gasteiger partial charge in [0.25, 0.3) is 0 Å². The third kappa shape index (κ3) is 7.09. The van der Waals surface area contributed by atoms with Crippen molar-refractivity contribution in [2.45, 2.75) is 88.1 Å². The molecular weight excluding hydrogens is 679 g/mol. The number of fused-ring (bicyclic) bond motifs is 3. The van der Waals surface area contributed by atoms with Crippen molar-refractivity contribution in [3.8, 4) is 11.1 Å². The Kier molecular flexibility index (Phi) is 11.5. The molecule has 4 aromatic carbocycles. The molecule has 6 rings (SSSR count). The number of allylic oxidation sites excluding steroid dienone is 4. The standard InChI is InChI=1S/C21H25.C17H18.C5H5.2ClH.Zr/c1-20(2,3)16-9-7-14-11-15-8-10-17(21(4,5)6)13-19(15)18(14)12-16;1-14(16-9-5-3-6-10-16)13-15(2)17-11-7-4-8-12-17;1-2-4-5-3-1;;;/h7-13H,1-6H3;3-12,14-15H,1-2H3;1-3H,4H2;2*1H;/q;;;;;+2/p-2. The maximum absolute atomic E-state index is 2.64. The van der Waals surface area contributed by atoms with Crippen molar-refractivity contribution in [3.05, 3.63) is 152 Å². The molecule has 2 unspecified atom stereocenters. The summed E-state index contributed by atoms with van der Waals surface area (Å²) in [6, 6.07) is 37.6. The Hall–Kier alpha value is -2.31. The molecule has 2 aliphatic carbocycles. The number of rotatable bonds is 6. The van der Waals surface area contributed by atoms with Gasteiger partial charge in [-0.05, 0) is 0 Å². The summed E-state index contributed by atoms with van der Waals surface area (Å²) in [5.74, 6) is 0.773. The first-order valence-corrected chi connectivity index (χ1v) is 20.3. The molecule has 0 N–H and O–H groups in total. The molecule has 0 amide bonds. The molecular formula is C43H48Cl2Zr. The van der Waals surface area contributed by atoms with Crippen LogP contribution in [-0.2, 0) is 32.1 Å². The zero-order valence-corrected chi connectivity index (χ0v) is 32.6. The van der Waals surface area contributed by atoms with Crippen molar-refractivity contribution < 1.29 is 46.1 Å². The van der Waals surface area contributed by atoms with Crippen LogP contribution in [0, 0.1) is 0 Å². The maximum atomic E-state index is 2.55. The van der Waals surface area contributed by atoms with Gasteiger partial charge < -0.3 is 24.8 Å². The Morgan fingerprint density at radius 1 is 0.630 bits per heavy atom. The number of hydrogen-bond acceptors (Lipinski definition) is 0. The van der Waals surface area contributed by atoms with Gasteiger partial charge in [-0.1, -0.05) is 0 Å². The maximum Gasteiger partial charge on any atom is -1.00 e. The molecule has 3 heteroatoms. The number of halogens is 2. The molecule has 0 aromatic heterocycles. The van der Waals surface area contributed by atoms with Gasteiger partial charge in [-0.25, -0.2) is 0 Å². The van der Waals surface area contributed by atoms with Gasteiger partial charge in [0.15, 0.2) is 0 Å². The van der Waals surface area contributed by atoms with Crippen LogP contribution in [0.25, 0.3) is 11.1 Å². The smallest absolute Gasteiger partial charge is 1.00 e. The van der Waals surface area contributed by atoms with Gasteiger partial charge in [0.05, 0.1) is 0 Å². The third-order valence-corrected chi connectivity index (χ3v) is 19.2. The van der Waals surface area contributed by atoms with Crippen LogP contribution in [0.1, 0.15) is 111 Å². The molecule has 2 aliphatic rings. The van der Waals surface area contributed by atoms with Gasteiger partial charge in [0.2, 0.25) is 0 Å². The van der Waals surface area contributed by atoms with E-state index in [9.17, 15) is 0 Å². The van der Waals surface area contributed by atoms with Crippen LogP contribution in [0.4, 0.5) is 0 Å². The molecule has 2 atom stereocenters. The fraction of sp³-hybridized carbons (Fsp3) is 0.326. The van der Waals surface area contributed by atoms with E-state index in [1.807, 2.05) is 3.21 Å². The van der Waals surface area contributed by atoms with Crippen LogP contribution in [0.5, 0.6) is 0 Å². The molecule has 0 fully saturated rings. The third-order valence-electron chi connectivity index (χ3n) is 10.00. The van der Waals surface area contributed by atoms with Gasteiger partial charge >= 0.3 is 276 Å². The molecule has 0 nitrogen and oxygen atoms in total. The minimum absolute atomic E-state index is 0. The summed E-state index contributed by atoms with van der Waals surface area (Å²) in [4.78, 5) is 0. The summed E-state index contributed by atoms with van der Waals surface area (Å²) in [5, 5.41) is 0. The fourth-order valence-corrected chi connectivity index (χ4v) is 17.4. The fourth-order valence-electron chi connectivity index (χ4n) is 7.36. The second-order valence-corrected chi connectivity index (χ2v) is 21.4. The molecule has 46 heavy (non-hydrogen) atoms. The molecule has 0 heterocycles. The summed E-state index contributed by atoms with van der Waals surface area (Å²) in [5.41, 5.74) is 12.0. The van der Waals surface area contributed by atoms with E-state index in [4.69, 9.17) is 0 Å². The monoisotopic (exact) mass is 724 g/mol. The summed E-state index contributed by atoms with van der Waals surface area (Å²) >= 11 is -2.64. The normalized spacial score (nSPS) is 15.0. The van der Waals surface area contributed by atoms with E-state index < -0.39 is 21.3 Å². The average molecular weight is 727 g/mol. The molecule has 0 radical (unpaired) electrons. The van der Waals surface area contributed by atoms with Crippen molar-refractivity contribution in [1.82, 2.24) is 0 Å². The molecule has 0 spiro atoms. The largest absolute Gasteiger partial charge is 1.00 e. The Bertz CT molecular complexity index is 1650. The summed E-state index contributed by atoms with van der Waals surface area (Å²) in [6.45, 7) is 19.1. The van der Waals surface area contributed by atoms with Crippen LogP contribution in [-0.4, -0.2) is 3.21 Å². The van der Waals surface area contributed by atoms with E-state index in [0.29, 0.717) is 15.5 Å². The first-order chi connectivity index (χ1) is 20.9. The predicted molar refractivity (Wildman–Crippen MR) is 188 cm³/mol. The molecule has 0 saturated carbocycles. The van der Waals surface area contributed by atoms with Crippen LogP contribution in [0.2, 0.25) is 0 Å². The van der Waals surface area contributed by atoms with Gasteiger partial charge in [0.1, 0.15) is 0 Å². The SMILES string of the molecule is CC([C](C(C)c1ccccc1)=[Zr+2]([C]1=CC=CC1)[CH]1c2ccc(C(C)(C)C)cc2-c2cc(C(C)(C)C)ccc21)c1ccccc1.[Cl-].[Cl-]. The van der Waals surface area contributed by atoms with Crippen molar-refractivity contribution >= 4 is 3.21 Å². The first-order valence-electron chi connectivity index (χ1n) is 16.4. The quantitative estimate of drug-likeness (QED) is 0.243. The Morgan fingerprint density at radius 2 is 1.07 bits per heavy atom. The Labute approximate surface area is 298 Å². The van der Waals surface area contributed by atoms with E-state index in [0.717, 1.165) is 6.42 Å². The van der Waals surface area contributed by atoms with E-state index in [1.54, 1.807) is 14.4 Å². The minimum Gasteiger partial charge on any atom is -1.00 e. The molecule has 4 aromatic rings. The van der Waals surface area contributed by atoms with Gasteiger partial charge in [-0.3, -0.25) is 0 Å².